The SMILES string of the molecule is Cc1cc(CBr)ccc1N1CCCCCC1. The summed E-state index contributed by atoms with van der Waals surface area (Å²) in [6, 6.07) is 6.83. The summed E-state index contributed by atoms with van der Waals surface area (Å²) < 4.78 is 0. The second-order valence-corrected chi connectivity index (χ2v) is 5.22. The smallest absolute Gasteiger partial charge is 0.0396 e. The Hall–Kier alpha value is -0.500. The topological polar surface area (TPSA) is 3.24 Å². The van der Waals surface area contributed by atoms with Gasteiger partial charge < -0.3 is 4.90 Å². The first-order valence-corrected chi connectivity index (χ1v) is 7.34. The second-order valence-electron chi connectivity index (χ2n) is 4.66. The molecule has 0 saturated carbocycles. The van der Waals surface area contributed by atoms with E-state index in [2.05, 4.69) is 46.0 Å². The molecule has 1 heterocycles. The van der Waals surface area contributed by atoms with Gasteiger partial charge in [0.1, 0.15) is 0 Å². The molecule has 1 aliphatic rings. The lowest BCUT2D eigenvalue weighted by Crippen LogP contribution is -2.24. The van der Waals surface area contributed by atoms with Crippen LogP contribution in [0, 0.1) is 6.92 Å². The van der Waals surface area contributed by atoms with Crippen molar-refractivity contribution in [3.05, 3.63) is 29.3 Å². The summed E-state index contributed by atoms with van der Waals surface area (Å²) in [7, 11) is 0. The van der Waals surface area contributed by atoms with E-state index < -0.39 is 0 Å². The minimum absolute atomic E-state index is 0.952. The van der Waals surface area contributed by atoms with Gasteiger partial charge in [-0.05, 0) is 37.0 Å². The molecule has 1 aromatic rings. The number of aryl methyl sites for hydroxylation is 1. The number of nitrogens with zero attached hydrogens (tertiary/aromatic N) is 1. The fourth-order valence-corrected chi connectivity index (χ4v) is 2.82. The van der Waals surface area contributed by atoms with Gasteiger partial charge in [0.2, 0.25) is 0 Å². The van der Waals surface area contributed by atoms with Crippen LogP contribution in [0.2, 0.25) is 0 Å². The summed E-state index contributed by atoms with van der Waals surface area (Å²) in [5, 5.41) is 0.952. The Labute approximate surface area is 107 Å². The lowest BCUT2D eigenvalue weighted by molar-refractivity contribution is 0.726. The third kappa shape index (κ3) is 2.79. The van der Waals surface area contributed by atoms with Gasteiger partial charge in [0.15, 0.2) is 0 Å². The van der Waals surface area contributed by atoms with E-state index in [0.717, 1.165) is 5.33 Å². The highest BCUT2D eigenvalue weighted by molar-refractivity contribution is 9.08. The van der Waals surface area contributed by atoms with Gasteiger partial charge in [-0.2, -0.15) is 0 Å². The predicted octanol–water partition coefficient (Wildman–Crippen LogP) is 4.27. The predicted molar refractivity (Wildman–Crippen MR) is 74.5 cm³/mol. The number of hydrogen-bond acceptors (Lipinski definition) is 1. The first-order valence-electron chi connectivity index (χ1n) is 6.21. The molecular formula is C14H20BrN. The maximum atomic E-state index is 3.51. The normalized spacial score (nSPS) is 17.2. The van der Waals surface area contributed by atoms with E-state index in [4.69, 9.17) is 0 Å². The first kappa shape index (κ1) is 12.0. The average Bonchev–Trinajstić information content (AvgIpc) is 2.57. The lowest BCUT2D eigenvalue weighted by atomic mass is 10.1. The third-order valence-electron chi connectivity index (χ3n) is 3.36. The van der Waals surface area contributed by atoms with Gasteiger partial charge >= 0.3 is 0 Å². The molecule has 88 valence electrons. The highest BCUT2D eigenvalue weighted by atomic mass is 79.9. The van der Waals surface area contributed by atoms with Crippen LogP contribution in [0.15, 0.2) is 18.2 Å². The second kappa shape index (κ2) is 5.72. The molecule has 0 aliphatic carbocycles. The van der Waals surface area contributed by atoms with E-state index in [1.165, 1.54) is 55.6 Å². The van der Waals surface area contributed by atoms with Crippen LogP contribution >= 0.6 is 15.9 Å². The summed E-state index contributed by atoms with van der Waals surface area (Å²) in [5.41, 5.74) is 4.22. The summed E-state index contributed by atoms with van der Waals surface area (Å²) in [6.45, 7) is 4.69. The number of halogens is 1. The Balaban J connectivity index is 2.18. The van der Waals surface area contributed by atoms with Crippen molar-refractivity contribution in [2.24, 2.45) is 0 Å². The van der Waals surface area contributed by atoms with Gasteiger partial charge in [-0.3, -0.25) is 0 Å². The van der Waals surface area contributed by atoms with E-state index in [0.29, 0.717) is 0 Å². The van der Waals surface area contributed by atoms with E-state index in [1.54, 1.807) is 0 Å². The molecule has 0 bridgehead atoms. The summed E-state index contributed by atoms with van der Waals surface area (Å²) >= 11 is 3.51. The number of alkyl halides is 1. The molecule has 1 aromatic carbocycles. The van der Waals surface area contributed by atoms with Crippen LogP contribution in [-0.4, -0.2) is 13.1 Å². The molecule has 1 saturated heterocycles. The molecule has 1 aliphatic heterocycles. The highest BCUT2D eigenvalue weighted by Gasteiger charge is 2.11. The van der Waals surface area contributed by atoms with Gasteiger partial charge in [-0.25, -0.2) is 0 Å². The van der Waals surface area contributed by atoms with Gasteiger partial charge in [-0.15, -0.1) is 0 Å². The third-order valence-corrected chi connectivity index (χ3v) is 4.01. The van der Waals surface area contributed by atoms with Crippen LogP contribution in [-0.2, 0) is 5.33 Å². The minimum atomic E-state index is 0.952. The standard InChI is InChI=1S/C14H20BrN/c1-12-10-13(11-15)6-7-14(12)16-8-4-2-3-5-9-16/h6-7,10H,2-5,8-9,11H2,1H3. The van der Waals surface area contributed by atoms with Crippen molar-refractivity contribution >= 4 is 21.6 Å². The van der Waals surface area contributed by atoms with Crippen LogP contribution in [0.4, 0.5) is 5.69 Å². The molecule has 0 aromatic heterocycles. The van der Waals surface area contributed by atoms with Crippen molar-refractivity contribution in [1.29, 1.82) is 0 Å². The van der Waals surface area contributed by atoms with Crippen LogP contribution < -0.4 is 4.90 Å². The zero-order chi connectivity index (χ0) is 11.4. The molecule has 1 nitrogen and oxygen atoms in total. The monoisotopic (exact) mass is 281 g/mol. The number of rotatable bonds is 2. The Bertz CT molecular complexity index is 341. The van der Waals surface area contributed by atoms with E-state index in [-0.39, 0.29) is 0 Å². The van der Waals surface area contributed by atoms with Crippen molar-refractivity contribution < 1.29 is 0 Å². The number of hydrogen-bond donors (Lipinski definition) is 0. The fraction of sp³-hybridized carbons (Fsp3) is 0.571. The van der Waals surface area contributed by atoms with Crippen molar-refractivity contribution in [3.8, 4) is 0 Å². The van der Waals surface area contributed by atoms with E-state index in [1.807, 2.05) is 0 Å². The molecule has 0 unspecified atom stereocenters. The van der Waals surface area contributed by atoms with Crippen molar-refractivity contribution in [2.75, 3.05) is 18.0 Å². The van der Waals surface area contributed by atoms with Crippen molar-refractivity contribution in [3.63, 3.8) is 0 Å². The van der Waals surface area contributed by atoms with Crippen LogP contribution in [0.3, 0.4) is 0 Å². The number of anilines is 1. The Morgan fingerprint density at radius 2 is 1.81 bits per heavy atom. The molecule has 2 heteroatoms. The largest absolute Gasteiger partial charge is 0.371 e. The molecular weight excluding hydrogens is 262 g/mol. The lowest BCUT2D eigenvalue weighted by Gasteiger charge is -2.24. The van der Waals surface area contributed by atoms with E-state index >= 15 is 0 Å². The number of benzene rings is 1. The van der Waals surface area contributed by atoms with Crippen molar-refractivity contribution in [2.45, 2.75) is 37.9 Å². The summed E-state index contributed by atoms with van der Waals surface area (Å²) in [6.07, 6.45) is 5.49. The average molecular weight is 282 g/mol. The molecule has 0 N–H and O–H groups in total. The van der Waals surface area contributed by atoms with Crippen LogP contribution in [0.1, 0.15) is 36.8 Å². The first-order chi connectivity index (χ1) is 7.81. The molecule has 2 rings (SSSR count). The molecule has 16 heavy (non-hydrogen) atoms. The zero-order valence-electron chi connectivity index (χ0n) is 10.0. The quantitative estimate of drug-likeness (QED) is 0.732. The minimum Gasteiger partial charge on any atom is -0.371 e. The van der Waals surface area contributed by atoms with Gasteiger partial charge in [0.05, 0.1) is 0 Å². The van der Waals surface area contributed by atoms with Gasteiger partial charge in [-0.1, -0.05) is 40.9 Å². The molecule has 0 radical (unpaired) electrons. The van der Waals surface area contributed by atoms with Crippen LogP contribution in [0.5, 0.6) is 0 Å². The van der Waals surface area contributed by atoms with Crippen molar-refractivity contribution in [1.82, 2.24) is 0 Å². The zero-order valence-corrected chi connectivity index (χ0v) is 11.6. The Morgan fingerprint density at radius 1 is 1.12 bits per heavy atom. The van der Waals surface area contributed by atoms with Gasteiger partial charge in [0.25, 0.3) is 0 Å². The molecule has 0 atom stereocenters. The Morgan fingerprint density at radius 3 is 2.38 bits per heavy atom. The van der Waals surface area contributed by atoms with Crippen LogP contribution in [0.25, 0.3) is 0 Å². The summed E-state index contributed by atoms with van der Waals surface area (Å²) in [5.74, 6) is 0. The molecule has 1 fully saturated rings. The molecule has 0 spiro atoms. The molecule has 0 amide bonds. The maximum Gasteiger partial charge on any atom is 0.0396 e. The maximum absolute atomic E-state index is 3.51. The van der Waals surface area contributed by atoms with Gasteiger partial charge in [0, 0.05) is 24.1 Å². The van der Waals surface area contributed by atoms with E-state index in [9.17, 15) is 0 Å². The fourth-order valence-electron chi connectivity index (χ4n) is 2.47. The Kier molecular flexibility index (Phi) is 4.28. The summed E-state index contributed by atoms with van der Waals surface area (Å²) in [4.78, 5) is 2.56. The highest BCUT2D eigenvalue weighted by Crippen LogP contribution is 2.24.